The van der Waals surface area contributed by atoms with Crippen LogP contribution in [0.4, 0.5) is 5.69 Å². The molecule has 1 heteroatoms. The second kappa shape index (κ2) is 5.79. The molecule has 2 rings (SSSR count). The third kappa shape index (κ3) is 2.74. The SMILES string of the molecule is CC.CC(C)N1CCCc2ccccc21. The fourth-order valence-electron chi connectivity index (χ4n) is 2.10. The predicted octanol–water partition coefficient (Wildman–Crippen LogP) is 3.87. The summed E-state index contributed by atoms with van der Waals surface area (Å²) in [5.74, 6) is 0. The van der Waals surface area contributed by atoms with Crippen molar-refractivity contribution in [2.24, 2.45) is 0 Å². The van der Waals surface area contributed by atoms with Crippen LogP contribution in [-0.4, -0.2) is 12.6 Å². The molecule has 0 aromatic heterocycles. The minimum absolute atomic E-state index is 0.626. The Morgan fingerprint density at radius 2 is 1.80 bits per heavy atom. The average molecular weight is 205 g/mol. The Labute approximate surface area is 94.1 Å². The number of anilines is 1. The molecule has 0 unspecified atom stereocenters. The molecule has 0 atom stereocenters. The number of para-hydroxylation sites is 1. The molecule has 1 aliphatic rings. The maximum atomic E-state index is 2.50. The van der Waals surface area contributed by atoms with Gasteiger partial charge in [0.25, 0.3) is 0 Å². The zero-order chi connectivity index (χ0) is 11.3. The summed E-state index contributed by atoms with van der Waals surface area (Å²) in [6, 6.07) is 9.40. The van der Waals surface area contributed by atoms with Crippen LogP contribution in [0, 0.1) is 0 Å². The van der Waals surface area contributed by atoms with Gasteiger partial charge in [-0.05, 0) is 38.3 Å². The fourth-order valence-corrected chi connectivity index (χ4v) is 2.10. The van der Waals surface area contributed by atoms with E-state index in [2.05, 4.69) is 43.0 Å². The molecule has 0 bridgehead atoms. The van der Waals surface area contributed by atoms with Crippen LogP contribution in [0.1, 0.15) is 39.7 Å². The Morgan fingerprint density at radius 1 is 1.13 bits per heavy atom. The zero-order valence-corrected chi connectivity index (χ0v) is 10.5. The molecule has 0 spiro atoms. The molecule has 0 amide bonds. The molecule has 15 heavy (non-hydrogen) atoms. The standard InChI is InChI=1S/C12H17N.C2H6/c1-10(2)13-9-5-7-11-6-3-4-8-12(11)13;1-2/h3-4,6,8,10H,5,7,9H2,1-2H3;1-2H3. The maximum absolute atomic E-state index is 2.50. The maximum Gasteiger partial charge on any atom is 0.0401 e. The van der Waals surface area contributed by atoms with E-state index in [-0.39, 0.29) is 0 Å². The highest BCUT2D eigenvalue weighted by atomic mass is 15.2. The van der Waals surface area contributed by atoms with E-state index in [0.717, 1.165) is 0 Å². The van der Waals surface area contributed by atoms with Crippen molar-refractivity contribution in [2.45, 2.75) is 46.6 Å². The molecule has 1 aromatic carbocycles. The number of benzene rings is 1. The summed E-state index contributed by atoms with van der Waals surface area (Å²) in [6.45, 7) is 9.75. The van der Waals surface area contributed by atoms with Crippen LogP contribution in [-0.2, 0) is 6.42 Å². The van der Waals surface area contributed by atoms with E-state index in [1.165, 1.54) is 30.6 Å². The molecule has 0 saturated carbocycles. The smallest absolute Gasteiger partial charge is 0.0401 e. The summed E-state index contributed by atoms with van der Waals surface area (Å²) < 4.78 is 0. The van der Waals surface area contributed by atoms with Gasteiger partial charge in [0.15, 0.2) is 0 Å². The van der Waals surface area contributed by atoms with Gasteiger partial charge in [-0.25, -0.2) is 0 Å². The Hall–Kier alpha value is -0.980. The Balaban J connectivity index is 0.000000531. The van der Waals surface area contributed by atoms with E-state index in [0.29, 0.717) is 6.04 Å². The van der Waals surface area contributed by atoms with Crippen molar-refractivity contribution < 1.29 is 0 Å². The molecule has 0 saturated heterocycles. The topological polar surface area (TPSA) is 3.24 Å². The number of hydrogen-bond donors (Lipinski definition) is 0. The van der Waals surface area contributed by atoms with Crippen LogP contribution in [0.25, 0.3) is 0 Å². The Morgan fingerprint density at radius 3 is 2.47 bits per heavy atom. The number of hydrogen-bond acceptors (Lipinski definition) is 1. The van der Waals surface area contributed by atoms with Crippen molar-refractivity contribution in [1.82, 2.24) is 0 Å². The normalized spacial score (nSPS) is 14.3. The summed E-state index contributed by atoms with van der Waals surface area (Å²) in [4.78, 5) is 2.50. The lowest BCUT2D eigenvalue weighted by Crippen LogP contribution is -2.35. The molecular formula is C14H23N. The molecule has 1 aromatic rings. The first kappa shape index (κ1) is 12.1. The van der Waals surface area contributed by atoms with Gasteiger partial charge in [0.2, 0.25) is 0 Å². The van der Waals surface area contributed by atoms with Gasteiger partial charge in [-0.2, -0.15) is 0 Å². The van der Waals surface area contributed by atoms with Crippen molar-refractivity contribution in [1.29, 1.82) is 0 Å². The Kier molecular flexibility index (Phi) is 4.67. The van der Waals surface area contributed by atoms with E-state index in [1.807, 2.05) is 13.8 Å². The van der Waals surface area contributed by atoms with E-state index in [9.17, 15) is 0 Å². The number of aryl methyl sites for hydroxylation is 1. The minimum Gasteiger partial charge on any atom is -0.369 e. The lowest BCUT2D eigenvalue weighted by molar-refractivity contribution is 0.626. The monoisotopic (exact) mass is 205 g/mol. The molecular weight excluding hydrogens is 182 g/mol. The third-order valence-corrected chi connectivity index (χ3v) is 2.77. The molecule has 1 nitrogen and oxygen atoms in total. The quantitative estimate of drug-likeness (QED) is 0.672. The van der Waals surface area contributed by atoms with Gasteiger partial charge in [0.1, 0.15) is 0 Å². The average Bonchev–Trinajstić information content (AvgIpc) is 2.31. The summed E-state index contributed by atoms with van der Waals surface area (Å²) >= 11 is 0. The van der Waals surface area contributed by atoms with Crippen LogP contribution in [0.5, 0.6) is 0 Å². The van der Waals surface area contributed by atoms with Crippen LogP contribution < -0.4 is 4.90 Å². The van der Waals surface area contributed by atoms with Gasteiger partial charge >= 0.3 is 0 Å². The largest absolute Gasteiger partial charge is 0.369 e. The summed E-state index contributed by atoms with van der Waals surface area (Å²) in [5, 5.41) is 0. The highest BCUT2D eigenvalue weighted by Gasteiger charge is 2.17. The summed E-state index contributed by atoms with van der Waals surface area (Å²) in [6.07, 6.45) is 2.55. The van der Waals surface area contributed by atoms with Gasteiger partial charge < -0.3 is 4.90 Å². The minimum atomic E-state index is 0.626. The first-order chi connectivity index (χ1) is 7.29. The highest BCUT2D eigenvalue weighted by molar-refractivity contribution is 5.55. The Bertz CT molecular complexity index is 291. The number of rotatable bonds is 1. The number of nitrogens with zero attached hydrogens (tertiary/aromatic N) is 1. The van der Waals surface area contributed by atoms with Crippen LogP contribution in [0.15, 0.2) is 24.3 Å². The van der Waals surface area contributed by atoms with Crippen molar-refractivity contribution in [3.63, 3.8) is 0 Å². The van der Waals surface area contributed by atoms with Gasteiger partial charge in [0, 0.05) is 18.3 Å². The van der Waals surface area contributed by atoms with Crippen molar-refractivity contribution in [3.8, 4) is 0 Å². The lowest BCUT2D eigenvalue weighted by Gasteiger charge is -2.34. The molecule has 0 N–H and O–H groups in total. The molecule has 0 aliphatic carbocycles. The first-order valence-corrected chi connectivity index (χ1v) is 6.13. The van der Waals surface area contributed by atoms with Crippen molar-refractivity contribution in [2.75, 3.05) is 11.4 Å². The van der Waals surface area contributed by atoms with Crippen LogP contribution in [0.2, 0.25) is 0 Å². The van der Waals surface area contributed by atoms with E-state index in [4.69, 9.17) is 0 Å². The zero-order valence-electron chi connectivity index (χ0n) is 10.5. The van der Waals surface area contributed by atoms with E-state index >= 15 is 0 Å². The second-order valence-corrected chi connectivity index (χ2v) is 4.02. The van der Waals surface area contributed by atoms with Gasteiger partial charge in [0.05, 0.1) is 0 Å². The third-order valence-electron chi connectivity index (χ3n) is 2.77. The van der Waals surface area contributed by atoms with Gasteiger partial charge in [-0.15, -0.1) is 0 Å². The predicted molar refractivity (Wildman–Crippen MR) is 68.6 cm³/mol. The van der Waals surface area contributed by atoms with Crippen molar-refractivity contribution >= 4 is 5.69 Å². The van der Waals surface area contributed by atoms with E-state index < -0.39 is 0 Å². The second-order valence-electron chi connectivity index (χ2n) is 4.02. The van der Waals surface area contributed by atoms with Crippen molar-refractivity contribution in [3.05, 3.63) is 29.8 Å². The van der Waals surface area contributed by atoms with Crippen LogP contribution >= 0.6 is 0 Å². The summed E-state index contributed by atoms with van der Waals surface area (Å²) in [7, 11) is 0. The molecule has 0 radical (unpaired) electrons. The fraction of sp³-hybridized carbons (Fsp3) is 0.571. The first-order valence-electron chi connectivity index (χ1n) is 6.13. The van der Waals surface area contributed by atoms with Crippen LogP contribution in [0.3, 0.4) is 0 Å². The lowest BCUT2D eigenvalue weighted by atomic mass is 10.0. The molecule has 0 fully saturated rings. The number of fused-ring (bicyclic) bond motifs is 1. The highest BCUT2D eigenvalue weighted by Crippen LogP contribution is 2.27. The molecule has 1 heterocycles. The molecule has 84 valence electrons. The van der Waals surface area contributed by atoms with Gasteiger partial charge in [-0.1, -0.05) is 32.0 Å². The van der Waals surface area contributed by atoms with E-state index in [1.54, 1.807) is 0 Å². The van der Waals surface area contributed by atoms with Gasteiger partial charge in [-0.3, -0.25) is 0 Å². The molecule has 1 aliphatic heterocycles. The summed E-state index contributed by atoms with van der Waals surface area (Å²) in [5.41, 5.74) is 2.96.